The standard InChI is InChI=1S/C30H60B2N2/c1-7-14-26(25(4)23-29(31)8-2)17-11-20-34(22-13-19-33(5)6)21-12-18-27-15-10-16-28(27)24-30(32)9-3/h23-24,26-27,29-30H,7-22,31-32H2,1-6H3/b25-23+,28-24+. The van der Waals surface area contributed by atoms with Crippen molar-refractivity contribution in [2.24, 2.45) is 11.8 Å². The third-order valence-corrected chi connectivity index (χ3v) is 8.29. The van der Waals surface area contributed by atoms with Gasteiger partial charge in [-0.15, -0.1) is 0 Å². The molecule has 0 spiro atoms. The summed E-state index contributed by atoms with van der Waals surface area (Å²) < 4.78 is 0. The highest BCUT2D eigenvalue weighted by Crippen LogP contribution is 2.36. The highest BCUT2D eigenvalue weighted by Gasteiger charge is 2.21. The Morgan fingerprint density at radius 3 is 2.26 bits per heavy atom. The SMILES string of the molecule is BC(/C=C(\C)C(CCC)CCCN(CCCC1CCC/C1=C\C(B)CC)CCCN(C)C)CC. The van der Waals surface area contributed by atoms with E-state index in [1.54, 1.807) is 11.1 Å². The van der Waals surface area contributed by atoms with E-state index in [0.717, 1.165) is 23.5 Å². The number of hydrogen-bond donors (Lipinski definition) is 0. The van der Waals surface area contributed by atoms with Crippen LogP contribution >= 0.6 is 0 Å². The van der Waals surface area contributed by atoms with Crippen LogP contribution in [0, 0.1) is 11.8 Å². The van der Waals surface area contributed by atoms with Crippen molar-refractivity contribution in [2.45, 2.75) is 116 Å². The molecule has 0 heterocycles. The molecule has 0 aliphatic heterocycles. The highest BCUT2D eigenvalue weighted by atomic mass is 15.1. The first-order valence-corrected chi connectivity index (χ1v) is 15.1. The van der Waals surface area contributed by atoms with Crippen LogP contribution in [-0.4, -0.2) is 65.8 Å². The lowest BCUT2D eigenvalue weighted by atomic mass is 9.80. The average Bonchev–Trinajstić information content (AvgIpc) is 3.24. The first kappa shape index (κ1) is 31.6. The largest absolute Gasteiger partial charge is 0.309 e. The third kappa shape index (κ3) is 13.6. The Balaban J connectivity index is 2.59. The smallest absolute Gasteiger partial charge is 0.110 e. The minimum absolute atomic E-state index is 0.719. The van der Waals surface area contributed by atoms with Gasteiger partial charge in [0, 0.05) is 0 Å². The Hall–Kier alpha value is -0.470. The topological polar surface area (TPSA) is 6.48 Å². The molecule has 34 heavy (non-hydrogen) atoms. The van der Waals surface area contributed by atoms with Gasteiger partial charge in [-0.05, 0) is 117 Å². The van der Waals surface area contributed by atoms with Gasteiger partial charge in [0.05, 0.1) is 0 Å². The Morgan fingerprint density at radius 1 is 0.941 bits per heavy atom. The van der Waals surface area contributed by atoms with Crippen molar-refractivity contribution in [1.29, 1.82) is 0 Å². The molecule has 0 aromatic carbocycles. The number of nitrogens with zero attached hydrogens (tertiary/aromatic N) is 2. The lowest BCUT2D eigenvalue weighted by Gasteiger charge is -2.26. The molecule has 0 bridgehead atoms. The van der Waals surface area contributed by atoms with Crippen molar-refractivity contribution in [3.05, 3.63) is 23.3 Å². The zero-order valence-electron chi connectivity index (χ0n) is 24.7. The molecule has 1 aliphatic rings. The highest BCUT2D eigenvalue weighted by molar-refractivity contribution is 6.13. The fourth-order valence-corrected chi connectivity index (χ4v) is 5.69. The van der Waals surface area contributed by atoms with E-state index in [4.69, 9.17) is 0 Å². The molecule has 0 aromatic heterocycles. The van der Waals surface area contributed by atoms with Gasteiger partial charge in [-0.25, -0.2) is 0 Å². The van der Waals surface area contributed by atoms with Crippen molar-refractivity contribution in [3.63, 3.8) is 0 Å². The molecule has 1 rings (SSSR count). The van der Waals surface area contributed by atoms with Crippen LogP contribution in [0.5, 0.6) is 0 Å². The Morgan fingerprint density at radius 2 is 1.62 bits per heavy atom. The van der Waals surface area contributed by atoms with Crippen LogP contribution in [0.3, 0.4) is 0 Å². The molecule has 4 atom stereocenters. The van der Waals surface area contributed by atoms with Crippen molar-refractivity contribution >= 4 is 15.7 Å². The maximum Gasteiger partial charge on any atom is 0.110 e. The lowest BCUT2D eigenvalue weighted by molar-refractivity contribution is 0.238. The lowest BCUT2D eigenvalue weighted by Crippen LogP contribution is -2.30. The van der Waals surface area contributed by atoms with E-state index in [2.05, 4.69) is 79.4 Å². The van der Waals surface area contributed by atoms with Gasteiger partial charge in [0.1, 0.15) is 15.7 Å². The summed E-state index contributed by atoms with van der Waals surface area (Å²) in [6.45, 7) is 14.4. The molecule has 4 unspecified atom stereocenters. The summed E-state index contributed by atoms with van der Waals surface area (Å²) in [5.74, 6) is 3.14. The van der Waals surface area contributed by atoms with Crippen LogP contribution in [0.15, 0.2) is 23.3 Å². The quantitative estimate of drug-likeness (QED) is 0.156. The van der Waals surface area contributed by atoms with E-state index in [0.29, 0.717) is 0 Å². The fourth-order valence-electron chi connectivity index (χ4n) is 5.69. The Bertz CT molecular complexity index is 572. The van der Waals surface area contributed by atoms with Crippen LogP contribution in [0.25, 0.3) is 0 Å². The molecule has 0 amide bonds. The second kappa shape index (κ2) is 18.8. The summed E-state index contributed by atoms with van der Waals surface area (Å²) in [6.07, 6.45) is 21.4. The van der Waals surface area contributed by atoms with Crippen molar-refractivity contribution < 1.29 is 0 Å². The normalized spacial score (nSPS) is 21.0. The summed E-state index contributed by atoms with van der Waals surface area (Å²) in [6, 6.07) is 0. The molecule has 0 N–H and O–H groups in total. The zero-order valence-corrected chi connectivity index (χ0v) is 24.7. The van der Waals surface area contributed by atoms with E-state index < -0.39 is 0 Å². The molecule has 4 heteroatoms. The van der Waals surface area contributed by atoms with Crippen LogP contribution in [0.1, 0.15) is 105 Å². The first-order valence-electron chi connectivity index (χ1n) is 15.1. The average molecular weight is 470 g/mol. The second-order valence-electron chi connectivity index (χ2n) is 11.8. The first-order chi connectivity index (χ1) is 16.3. The van der Waals surface area contributed by atoms with Crippen molar-refractivity contribution in [2.75, 3.05) is 40.3 Å². The van der Waals surface area contributed by atoms with E-state index >= 15 is 0 Å². The minimum Gasteiger partial charge on any atom is -0.309 e. The summed E-state index contributed by atoms with van der Waals surface area (Å²) in [4.78, 5) is 5.14. The van der Waals surface area contributed by atoms with E-state index in [1.807, 2.05) is 0 Å². The molecule has 1 fully saturated rings. The van der Waals surface area contributed by atoms with Gasteiger partial charge >= 0.3 is 0 Å². The van der Waals surface area contributed by atoms with Gasteiger partial charge in [-0.2, -0.15) is 0 Å². The zero-order chi connectivity index (χ0) is 25.3. The molecular formula is C30H60B2N2. The van der Waals surface area contributed by atoms with E-state index in [1.165, 1.54) is 103 Å². The van der Waals surface area contributed by atoms with Crippen molar-refractivity contribution in [3.8, 4) is 0 Å². The summed E-state index contributed by atoms with van der Waals surface area (Å²) in [5, 5.41) is 0. The van der Waals surface area contributed by atoms with Crippen molar-refractivity contribution in [1.82, 2.24) is 9.80 Å². The maximum absolute atomic E-state index is 2.80. The molecular weight excluding hydrogens is 410 g/mol. The minimum atomic E-state index is 0.719. The summed E-state index contributed by atoms with van der Waals surface area (Å²) in [7, 11) is 9.17. The van der Waals surface area contributed by atoms with Crippen LogP contribution in [-0.2, 0) is 0 Å². The number of hydrogen-bond acceptors (Lipinski definition) is 2. The van der Waals surface area contributed by atoms with Crippen LogP contribution < -0.4 is 0 Å². The Labute approximate surface area is 217 Å². The predicted molar refractivity (Wildman–Crippen MR) is 161 cm³/mol. The van der Waals surface area contributed by atoms with Crippen LogP contribution in [0.2, 0.25) is 11.6 Å². The molecule has 196 valence electrons. The van der Waals surface area contributed by atoms with Crippen LogP contribution in [0.4, 0.5) is 0 Å². The predicted octanol–water partition coefficient (Wildman–Crippen LogP) is 6.55. The van der Waals surface area contributed by atoms with Gasteiger partial charge in [-0.3, -0.25) is 0 Å². The molecule has 0 saturated heterocycles. The molecule has 1 saturated carbocycles. The monoisotopic (exact) mass is 470 g/mol. The maximum atomic E-state index is 2.80. The summed E-state index contributed by atoms with van der Waals surface area (Å²) >= 11 is 0. The third-order valence-electron chi connectivity index (χ3n) is 8.29. The van der Waals surface area contributed by atoms with Gasteiger partial charge in [0.25, 0.3) is 0 Å². The van der Waals surface area contributed by atoms with Gasteiger partial charge in [0.15, 0.2) is 0 Å². The fraction of sp³-hybridized carbons (Fsp3) is 0.867. The Kier molecular flexibility index (Phi) is 17.4. The number of allylic oxidation sites excluding steroid dienone is 4. The van der Waals surface area contributed by atoms with E-state index in [-0.39, 0.29) is 0 Å². The molecule has 0 aromatic rings. The van der Waals surface area contributed by atoms with Gasteiger partial charge < -0.3 is 9.80 Å². The molecule has 0 radical (unpaired) electrons. The van der Waals surface area contributed by atoms with Gasteiger partial charge in [0.2, 0.25) is 0 Å². The van der Waals surface area contributed by atoms with Gasteiger partial charge in [-0.1, -0.05) is 75.0 Å². The summed E-state index contributed by atoms with van der Waals surface area (Å²) in [5.41, 5.74) is 3.44. The molecule has 2 nitrogen and oxygen atoms in total. The second-order valence-corrected chi connectivity index (χ2v) is 11.8. The van der Waals surface area contributed by atoms with E-state index in [9.17, 15) is 0 Å². The molecule has 1 aliphatic carbocycles. The number of rotatable bonds is 19.